The van der Waals surface area contributed by atoms with E-state index in [4.69, 9.17) is 11.6 Å². The van der Waals surface area contributed by atoms with E-state index in [0.717, 1.165) is 5.56 Å². The van der Waals surface area contributed by atoms with Gasteiger partial charge in [-0.05, 0) is 31.2 Å². The molecule has 3 aromatic heterocycles. The summed E-state index contributed by atoms with van der Waals surface area (Å²) in [5.41, 5.74) is 0.897. The Morgan fingerprint density at radius 3 is 2.78 bits per heavy atom. The number of thioether (sulfide) groups is 1. The van der Waals surface area contributed by atoms with Crippen LogP contribution in [0.2, 0.25) is 5.02 Å². The fourth-order valence-electron chi connectivity index (χ4n) is 2.27. The maximum absolute atomic E-state index is 12.5. The number of rotatable bonds is 7. The van der Waals surface area contributed by atoms with Gasteiger partial charge in [0.15, 0.2) is 11.0 Å². The molecule has 1 amide bonds. The second-order valence-electron chi connectivity index (χ2n) is 5.55. The molecule has 1 unspecified atom stereocenters. The second kappa shape index (κ2) is 8.79. The molecule has 0 aliphatic rings. The molecule has 0 spiro atoms. The molecule has 1 N–H and O–H groups in total. The van der Waals surface area contributed by atoms with Crippen molar-refractivity contribution in [3.05, 3.63) is 60.5 Å². The van der Waals surface area contributed by atoms with Crippen LogP contribution in [0, 0.1) is 0 Å². The Morgan fingerprint density at radius 1 is 1.33 bits per heavy atom. The molecule has 0 radical (unpaired) electrons. The zero-order valence-corrected chi connectivity index (χ0v) is 16.1. The van der Waals surface area contributed by atoms with Gasteiger partial charge in [0.1, 0.15) is 5.82 Å². The Kier molecular flexibility index (Phi) is 6.20. The van der Waals surface area contributed by atoms with E-state index in [0.29, 0.717) is 28.4 Å². The number of allylic oxidation sites excluding steroid dienone is 1. The molecule has 27 heavy (non-hydrogen) atoms. The standard InChI is InChI=1S/C18H17ClN6OS/c1-3-10-25-16(13-6-8-20-9-7-13)23-24-18(25)27-12(2)17(26)22-15-5-4-14(19)11-21-15/h3-9,11-12H,1,10H2,2H3,(H,21,22,26). The highest BCUT2D eigenvalue weighted by molar-refractivity contribution is 8.00. The predicted octanol–water partition coefficient (Wildman–Crippen LogP) is 3.69. The number of nitrogens with one attached hydrogen (secondary N) is 1. The van der Waals surface area contributed by atoms with E-state index in [2.05, 4.69) is 32.1 Å². The van der Waals surface area contributed by atoms with Gasteiger partial charge in [-0.2, -0.15) is 0 Å². The highest BCUT2D eigenvalue weighted by Gasteiger charge is 2.20. The molecule has 0 fully saturated rings. The van der Waals surface area contributed by atoms with Crippen LogP contribution in [0.5, 0.6) is 0 Å². The zero-order valence-electron chi connectivity index (χ0n) is 14.5. The summed E-state index contributed by atoms with van der Waals surface area (Å²) in [6.07, 6.45) is 6.64. The molecule has 0 aromatic carbocycles. The molecule has 0 bridgehead atoms. The van der Waals surface area contributed by atoms with Crippen molar-refractivity contribution < 1.29 is 4.79 Å². The van der Waals surface area contributed by atoms with Crippen LogP contribution in [-0.2, 0) is 11.3 Å². The van der Waals surface area contributed by atoms with Gasteiger partial charge in [-0.15, -0.1) is 16.8 Å². The second-order valence-corrected chi connectivity index (χ2v) is 7.30. The van der Waals surface area contributed by atoms with E-state index < -0.39 is 5.25 Å². The van der Waals surface area contributed by atoms with Crippen molar-refractivity contribution in [3.8, 4) is 11.4 Å². The third-order valence-electron chi connectivity index (χ3n) is 3.60. The molecule has 9 heteroatoms. The summed E-state index contributed by atoms with van der Waals surface area (Å²) in [6.45, 7) is 6.12. The fourth-order valence-corrected chi connectivity index (χ4v) is 3.24. The lowest BCUT2D eigenvalue weighted by molar-refractivity contribution is -0.115. The van der Waals surface area contributed by atoms with Crippen molar-refractivity contribution in [2.45, 2.75) is 23.9 Å². The van der Waals surface area contributed by atoms with Gasteiger partial charge in [0, 0.05) is 30.7 Å². The first-order valence-corrected chi connectivity index (χ1v) is 9.38. The predicted molar refractivity (Wildman–Crippen MR) is 107 cm³/mol. The van der Waals surface area contributed by atoms with Crippen LogP contribution in [0.25, 0.3) is 11.4 Å². The molecule has 1 atom stereocenters. The number of hydrogen-bond acceptors (Lipinski definition) is 6. The smallest absolute Gasteiger partial charge is 0.238 e. The molecule has 3 aromatic rings. The van der Waals surface area contributed by atoms with Crippen LogP contribution in [0.4, 0.5) is 5.82 Å². The van der Waals surface area contributed by atoms with E-state index in [1.54, 1.807) is 37.5 Å². The maximum atomic E-state index is 12.5. The van der Waals surface area contributed by atoms with E-state index >= 15 is 0 Å². The summed E-state index contributed by atoms with van der Waals surface area (Å²) in [4.78, 5) is 20.6. The van der Waals surface area contributed by atoms with E-state index in [9.17, 15) is 4.79 Å². The minimum absolute atomic E-state index is 0.187. The number of amides is 1. The highest BCUT2D eigenvalue weighted by Crippen LogP contribution is 2.27. The molecular formula is C18H17ClN6OS. The molecule has 3 heterocycles. The van der Waals surface area contributed by atoms with Crippen LogP contribution >= 0.6 is 23.4 Å². The van der Waals surface area contributed by atoms with Gasteiger partial charge in [0.2, 0.25) is 5.91 Å². The quantitative estimate of drug-likeness (QED) is 0.480. The average molecular weight is 401 g/mol. The number of carbonyl (C=O) groups is 1. The molecule has 0 saturated carbocycles. The topological polar surface area (TPSA) is 85.6 Å². The van der Waals surface area contributed by atoms with Crippen molar-refractivity contribution >= 4 is 35.1 Å². The van der Waals surface area contributed by atoms with Crippen LogP contribution in [-0.4, -0.2) is 35.9 Å². The van der Waals surface area contributed by atoms with Crippen molar-refractivity contribution in [2.24, 2.45) is 0 Å². The van der Waals surface area contributed by atoms with Crippen molar-refractivity contribution in [1.82, 2.24) is 24.7 Å². The number of halogens is 1. The maximum Gasteiger partial charge on any atom is 0.238 e. The molecule has 0 aliphatic heterocycles. The largest absolute Gasteiger partial charge is 0.310 e. The normalized spacial score (nSPS) is 11.8. The number of anilines is 1. The van der Waals surface area contributed by atoms with E-state index in [-0.39, 0.29) is 5.91 Å². The number of aromatic nitrogens is 5. The molecular weight excluding hydrogens is 384 g/mol. The van der Waals surface area contributed by atoms with Crippen LogP contribution in [0.3, 0.4) is 0 Å². The van der Waals surface area contributed by atoms with Gasteiger partial charge in [0.05, 0.1) is 10.3 Å². The minimum Gasteiger partial charge on any atom is -0.310 e. The van der Waals surface area contributed by atoms with Crippen molar-refractivity contribution in [3.63, 3.8) is 0 Å². The van der Waals surface area contributed by atoms with Gasteiger partial charge in [0.25, 0.3) is 0 Å². The molecule has 0 aliphatic carbocycles. The summed E-state index contributed by atoms with van der Waals surface area (Å²) >= 11 is 7.12. The monoisotopic (exact) mass is 400 g/mol. The summed E-state index contributed by atoms with van der Waals surface area (Å²) in [5, 5.41) is 12.0. The highest BCUT2D eigenvalue weighted by atomic mass is 35.5. The van der Waals surface area contributed by atoms with Gasteiger partial charge in [-0.3, -0.25) is 14.3 Å². The summed E-state index contributed by atoms with van der Waals surface area (Å²) in [6, 6.07) is 7.05. The first-order chi connectivity index (χ1) is 13.1. The Morgan fingerprint density at radius 2 is 2.11 bits per heavy atom. The average Bonchev–Trinajstić information content (AvgIpc) is 3.07. The lowest BCUT2D eigenvalue weighted by atomic mass is 10.2. The van der Waals surface area contributed by atoms with Gasteiger partial charge < -0.3 is 5.32 Å². The fraction of sp³-hybridized carbons (Fsp3) is 0.167. The van der Waals surface area contributed by atoms with E-state index in [1.807, 2.05) is 16.7 Å². The summed E-state index contributed by atoms with van der Waals surface area (Å²) < 4.78 is 1.91. The molecule has 138 valence electrons. The Labute approximate surface area is 165 Å². The lowest BCUT2D eigenvalue weighted by Gasteiger charge is -2.12. The van der Waals surface area contributed by atoms with Gasteiger partial charge in [-0.25, -0.2) is 4.98 Å². The molecule has 0 saturated heterocycles. The lowest BCUT2D eigenvalue weighted by Crippen LogP contribution is -2.23. The number of carbonyl (C=O) groups excluding carboxylic acids is 1. The Balaban J connectivity index is 1.76. The van der Waals surface area contributed by atoms with Gasteiger partial charge >= 0.3 is 0 Å². The third-order valence-corrected chi connectivity index (χ3v) is 4.90. The Bertz CT molecular complexity index is 929. The number of nitrogens with zero attached hydrogens (tertiary/aromatic N) is 5. The van der Waals surface area contributed by atoms with Crippen LogP contribution < -0.4 is 5.32 Å². The molecule has 7 nitrogen and oxygen atoms in total. The number of pyridine rings is 2. The summed E-state index contributed by atoms with van der Waals surface area (Å²) in [5.74, 6) is 0.960. The zero-order chi connectivity index (χ0) is 19.2. The van der Waals surface area contributed by atoms with E-state index in [1.165, 1.54) is 18.0 Å². The van der Waals surface area contributed by atoms with Crippen LogP contribution in [0.15, 0.2) is 60.7 Å². The molecule has 3 rings (SSSR count). The first-order valence-electron chi connectivity index (χ1n) is 8.12. The van der Waals surface area contributed by atoms with Crippen molar-refractivity contribution in [1.29, 1.82) is 0 Å². The first kappa shape index (κ1) is 19.1. The SMILES string of the molecule is C=CCn1c(SC(C)C(=O)Nc2ccc(Cl)cn2)nnc1-c1ccncc1. The van der Waals surface area contributed by atoms with Crippen molar-refractivity contribution in [2.75, 3.05) is 5.32 Å². The minimum atomic E-state index is -0.402. The third kappa shape index (κ3) is 4.72. The Hall–Kier alpha value is -2.71. The number of hydrogen-bond donors (Lipinski definition) is 1. The van der Waals surface area contributed by atoms with Crippen LogP contribution in [0.1, 0.15) is 6.92 Å². The summed E-state index contributed by atoms with van der Waals surface area (Å²) in [7, 11) is 0. The van der Waals surface area contributed by atoms with Gasteiger partial charge in [-0.1, -0.05) is 29.4 Å².